The van der Waals surface area contributed by atoms with Crippen molar-refractivity contribution in [3.63, 3.8) is 0 Å². The second-order valence-electron chi connectivity index (χ2n) is 8.07. The molecular formula is C24H21ClN2O5S. The molecule has 1 atom stereocenters. The van der Waals surface area contributed by atoms with E-state index < -0.39 is 11.9 Å². The number of halogens is 1. The molecule has 1 aliphatic carbocycles. The molecule has 1 aliphatic rings. The van der Waals surface area contributed by atoms with Crippen LogP contribution < -0.4 is 4.74 Å². The predicted octanol–water partition coefficient (Wildman–Crippen LogP) is 5.08. The second-order valence-corrected chi connectivity index (χ2v) is 9.54. The van der Waals surface area contributed by atoms with Gasteiger partial charge in [-0.25, -0.2) is 4.98 Å². The number of rotatable bonds is 5. The van der Waals surface area contributed by atoms with Gasteiger partial charge in [-0.05, 0) is 42.5 Å². The zero-order valence-electron chi connectivity index (χ0n) is 17.7. The third-order valence-corrected chi connectivity index (χ3v) is 7.73. The quantitative estimate of drug-likeness (QED) is 0.365. The van der Waals surface area contributed by atoms with Crippen LogP contribution in [0.4, 0.5) is 0 Å². The second kappa shape index (κ2) is 8.28. The SMILES string of the molecule is COc1ccc(-c2c(Cl)c(Cn3c(O)ccc3O)nc3sc4c(c23)CCC(C(=O)O)C4)cc1. The number of carboxylic acid groups (broad SMARTS) is 1. The van der Waals surface area contributed by atoms with Crippen LogP contribution in [0.3, 0.4) is 0 Å². The average Bonchev–Trinajstić information content (AvgIpc) is 3.33. The van der Waals surface area contributed by atoms with E-state index in [9.17, 15) is 20.1 Å². The fourth-order valence-electron chi connectivity index (χ4n) is 4.44. The van der Waals surface area contributed by atoms with Gasteiger partial charge in [0.2, 0.25) is 0 Å². The Morgan fingerprint density at radius 3 is 2.55 bits per heavy atom. The molecule has 33 heavy (non-hydrogen) atoms. The first-order valence-corrected chi connectivity index (χ1v) is 11.6. The van der Waals surface area contributed by atoms with E-state index in [4.69, 9.17) is 21.3 Å². The Morgan fingerprint density at radius 2 is 1.91 bits per heavy atom. The molecule has 3 aromatic heterocycles. The van der Waals surface area contributed by atoms with Gasteiger partial charge in [0.25, 0.3) is 0 Å². The number of ether oxygens (including phenoxy) is 1. The number of carbonyl (C=O) groups is 1. The number of hydrogen-bond acceptors (Lipinski definition) is 6. The number of benzene rings is 1. The normalized spacial score (nSPS) is 15.5. The zero-order valence-corrected chi connectivity index (χ0v) is 19.3. The Bertz CT molecular complexity index is 1360. The number of nitrogens with zero attached hydrogens (tertiary/aromatic N) is 2. The molecule has 0 aliphatic heterocycles. The van der Waals surface area contributed by atoms with Crippen LogP contribution in [0.2, 0.25) is 5.02 Å². The Hall–Kier alpha value is -3.23. The van der Waals surface area contributed by atoms with E-state index in [0.29, 0.717) is 30.0 Å². The fraction of sp³-hybridized carbons (Fsp3) is 0.250. The van der Waals surface area contributed by atoms with Crippen LogP contribution in [-0.2, 0) is 24.2 Å². The summed E-state index contributed by atoms with van der Waals surface area (Å²) < 4.78 is 6.62. The van der Waals surface area contributed by atoms with Crippen molar-refractivity contribution in [2.75, 3.05) is 7.11 Å². The summed E-state index contributed by atoms with van der Waals surface area (Å²) in [7, 11) is 1.61. The lowest BCUT2D eigenvalue weighted by Crippen LogP contribution is -2.21. The van der Waals surface area contributed by atoms with Gasteiger partial charge in [-0.15, -0.1) is 11.3 Å². The molecular weight excluding hydrogens is 464 g/mol. The molecule has 7 nitrogen and oxygen atoms in total. The summed E-state index contributed by atoms with van der Waals surface area (Å²) in [5, 5.41) is 31.1. The van der Waals surface area contributed by atoms with Crippen molar-refractivity contribution in [2.45, 2.75) is 25.8 Å². The van der Waals surface area contributed by atoms with Crippen molar-refractivity contribution < 1.29 is 24.9 Å². The van der Waals surface area contributed by atoms with Crippen LogP contribution >= 0.6 is 22.9 Å². The van der Waals surface area contributed by atoms with E-state index in [1.807, 2.05) is 24.3 Å². The number of thiophene rings is 1. The summed E-state index contributed by atoms with van der Waals surface area (Å²) in [6.07, 6.45) is 1.69. The summed E-state index contributed by atoms with van der Waals surface area (Å²) in [6, 6.07) is 10.4. The van der Waals surface area contributed by atoms with Crippen molar-refractivity contribution in [3.05, 3.63) is 57.6 Å². The van der Waals surface area contributed by atoms with Gasteiger partial charge in [-0.1, -0.05) is 23.7 Å². The number of fused-ring (bicyclic) bond motifs is 3. The first-order valence-electron chi connectivity index (χ1n) is 10.4. The van der Waals surface area contributed by atoms with E-state index in [1.54, 1.807) is 7.11 Å². The number of carboxylic acids is 1. The Kier molecular flexibility index (Phi) is 5.42. The van der Waals surface area contributed by atoms with Crippen molar-refractivity contribution in [3.8, 4) is 28.6 Å². The number of hydrogen-bond donors (Lipinski definition) is 3. The molecule has 9 heteroatoms. The Balaban J connectivity index is 1.73. The monoisotopic (exact) mass is 484 g/mol. The van der Waals surface area contributed by atoms with Gasteiger partial charge >= 0.3 is 5.97 Å². The minimum absolute atomic E-state index is 0.0862. The molecule has 0 spiro atoms. The molecule has 3 heterocycles. The number of aliphatic carboxylic acids is 1. The highest BCUT2D eigenvalue weighted by atomic mass is 35.5. The Morgan fingerprint density at radius 1 is 1.21 bits per heavy atom. The Labute approximate surface area is 198 Å². The minimum atomic E-state index is -0.779. The highest BCUT2D eigenvalue weighted by Crippen LogP contribution is 2.46. The molecule has 1 unspecified atom stereocenters. The maximum Gasteiger partial charge on any atom is 0.306 e. The van der Waals surface area contributed by atoms with Gasteiger partial charge in [0.1, 0.15) is 10.6 Å². The molecule has 1 aromatic carbocycles. The maximum absolute atomic E-state index is 11.6. The van der Waals surface area contributed by atoms with Crippen LogP contribution in [0.5, 0.6) is 17.5 Å². The number of methoxy groups -OCH3 is 1. The number of aromatic hydroxyl groups is 2. The van der Waals surface area contributed by atoms with Crippen molar-refractivity contribution in [1.82, 2.24) is 9.55 Å². The molecule has 0 saturated heterocycles. The van der Waals surface area contributed by atoms with Gasteiger partial charge in [-0.2, -0.15) is 0 Å². The topological polar surface area (TPSA) is 105 Å². The summed E-state index contributed by atoms with van der Waals surface area (Å²) in [5.41, 5.74) is 3.31. The average molecular weight is 485 g/mol. The first kappa shape index (κ1) is 21.6. The standard InChI is InChI=1S/C24H21ClN2O5S/c1-32-14-5-2-12(3-6-14)20-21-15-7-4-13(24(30)31)10-17(15)33-23(21)26-16(22(20)25)11-27-18(28)8-9-19(27)29/h2-3,5-6,8-9,13,28-29H,4,7,10-11H2,1H3,(H,30,31). The lowest BCUT2D eigenvalue weighted by Gasteiger charge is -2.19. The van der Waals surface area contributed by atoms with Gasteiger partial charge in [0.15, 0.2) is 11.8 Å². The maximum atomic E-state index is 11.6. The van der Waals surface area contributed by atoms with E-state index in [2.05, 4.69) is 0 Å². The summed E-state index contributed by atoms with van der Waals surface area (Å²) in [5.74, 6) is -0.644. The molecule has 3 N–H and O–H groups in total. The van der Waals surface area contributed by atoms with Crippen molar-refractivity contribution >= 4 is 39.1 Å². The molecule has 0 amide bonds. The van der Waals surface area contributed by atoms with Crippen LogP contribution in [0.25, 0.3) is 21.3 Å². The minimum Gasteiger partial charge on any atom is -0.497 e. The molecule has 0 bridgehead atoms. The van der Waals surface area contributed by atoms with Crippen LogP contribution in [0.15, 0.2) is 36.4 Å². The summed E-state index contributed by atoms with van der Waals surface area (Å²) in [6.45, 7) is 0.0862. The van der Waals surface area contributed by atoms with Crippen molar-refractivity contribution in [1.29, 1.82) is 0 Å². The largest absolute Gasteiger partial charge is 0.497 e. The predicted molar refractivity (Wildman–Crippen MR) is 127 cm³/mol. The van der Waals surface area contributed by atoms with Crippen LogP contribution in [-0.4, -0.2) is 37.9 Å². The third kappa shape index (κ3) is 3.69. The number of pyridine rings is 1. The molecule has 4 aromatic rings. The third-order valence-electron chi connectivity index (χ3n) is 6.18. The molecule has 5 rings (SSSR count). The van der Waals surface area contributed by atoms with Crippen LogP contribution in [0, 0.1) is 5.92 Å². The van der Waals surface area contributed by atoms with Crippen molar-refractivity contribution in [2.24, 2.45) is 5.92 Å². The number of aromatic nitrogens is 2. The summed E-state index contributed by atoms with van der Waals surface area (Å²) >= 11 is 8.43. The van der Waals surface area contributed by atoms with Gasteiger partial charge in [-0.3, -0.25) is 9.36 Å². The zero-order chi connectivity index (χ0) is 23.3. The lowest BCUT2D eigenvalue weighted by molar-refractivity contribution is -0.142. The molecule has 0 saturated carbocycles. The van der Waals surface area contributed by atoms with Gasteiger partial charge in [0, 0.05) is 28.0 Å². The van der Waals surface area contributed by atoms with E-state index in [-0.39, 0.29) is 18.3 Å². The van der Waals surface area contributed by atoms with Crippen LogP contribution in [0.1, 0.15) is 22.6 Å². The molecule has 170 valence electrons. The van der Waals surface area contributed by atoms with Gasteiger partial charge < -0.3 is 20.1 Å². The highest BCUT2D eigenvalue weighted by Gasteiger charge is 2.30. The van der Waals surface area contributed by atoms with E-state index >= 15 is 0 Å². The molecule has 0 fully saturated rings. The lowest BCUT2D eigenvalue weighted by atomic mass is 9.86. The molecule has 0 radical (unpaired) electrons. The number of aryl methyl sites for hydroxylation is 1. The van der Waals surface area contributed by atoms with E-state index in [1.165, 1.54) is 28.0 Å². The summed E-state index contributed by atoms with van der Waals surface area (Å²) in [4.78, 5) is 18.2. The smallest absolute Gasteiger partial charge is 0.306 e. The van der Waals surface area contributed by atoms with Gasteiger partial charge in [0.05, 0.1) is 30.3 Å². The first-order chi connectivity index (χ1) is 15.9. The highest BCUT2D eigenvalue weighted by molar-refractivity contribution is 7.19. The van der Waals surface area contributed by atoms with E-state index in [0.717, 1.165) is 37.5 Å². The fourth-order valence-corrected chi connectivity index (χ4v) is 6.07.